The van der Waals surface area contributed by atoms with Crippen molar-refractivity contribution in [3.8, 4) is 0 Å². The summed E-state index contributed by atoms with van der Waals surface area (Å²) >= 11 is 0. The molecule has 116 valence electrons. The minimum atomic E-state index is -0.849. The second kappa shape index (κ2) is 5.18. The third kappa shape index (κ3) is 2.10. The summed E-state index contributed by atoms with van der Waals surface area (Å²) in [5.41, 5.74) is 9.82. The summed E-state index contributed by atoms with van der Waals surface area (Å²) in [6, 6.07) is 5.96. The molecule has 2 heterocycles. The van der Waals surface area contributed by atoms with Crippen molar-refractivity contribution in [1.29, 1.82) is 0 Å². The molecule has 4 rings (SSSR count). The maximum absolute atomic E-state index is 10.4. The van der Waals surface area contributed by atoms with Gasteiger partial charge in [0, 0.05) is 22.8 Å². The number of rotatable bonds is 1. The van der Waals surface area contributed by atoms with E-state index in [9.17, 15) is 5.02 Å². The van der Waals surface area contributed by atoms with Gasteiger partial charge in [0.1, 0.15) is 0 Å². The quantitative estimate of drug-likeness (QED) is 0.790. The Morgan fingerprint density at radius 2 is 2.17 bits per heavy atom. The molecule has 2 unspecified atom stereocenters. The van der Waals surface area contributed by atoms with Gasteiger partial charge in [-0.3, -0.25) is 0 Å². The second-order valence-electron chi connectivity index (χ2n) is 6.21. The minimum Gasteiger partial charge on any atom is -0.423 e. The Labute approximate surface area is 135 Å². The molecule has 1 aromatic carbocycles. The molecule has 2 aromatic rings. The molecular formula is C17H18BN3O2. The average molecular weight is 307 g/mol. The first-order valence-corrected chi connectivity index (χ1v) is 7.84. The first-order chi connectivity index (χ1) is 11.1. The van der Waals surface area contributed by atoms with Crippen LogP contribution >= 0.6 is 0 Å². The molecule has 2 atom stereocenters. The van der Waals surface area contributed by atoms with Crippen LogP contribution in [0.1, 0.15) is 24.6 Å². The van der Waals surface area contributed by atoms with E-state index in [1.54, 1.807) is 0 Å². The summed E-state index contributed by atoms with van der Waals surface area (Å²) in [5.74, 6) is 0.638. The highest BCUT2D eigenvalue weighted by Gasteiger charge is 2.42. The molecular weight excluding hydrogens is 289 g/mol. The minimum absolute atomic E-state index is 0.0147. The lowest BCUT2D eigenvalue weighted by atomic mass is 9.67. The molecule has 0 radical (unpaired) electrons. The Morgan fingerprint density at radius 3 is 3.00 bits per heavy atom. The molecule has 1 saturated heterocycles. The first-order valence-electron chi connectivity index (χ1n) is 7.84. The number of anilines is 1. The Hall–Kier alpha value is -2.18. The monoisotopic (exact) mass is 307 g/mol. The molecule has 0 saturated carbocycles. The fourth-order valence-corrected chi connectivity index (χ4v) is 3.75. The normalized spacial score (nSPS) is 23.7. The van der Waals surface area contributed by atoms with E-state index in [0.29, 0.717) is 5.82 Å². The molecule has 5 nitrogen and oxygen atoms in total. The van der Waals surface area contributed by atoms with E-state index in [1.165, 1.54) is 0 Å². The van der Waals surface area contributed by atoms with Crippen molar-refractivity contribution < 1.29 is 9.68 Å². The van der Waals surface area contributed by atoms with Gasteiger partial charge in [-0.2, -0.15) is 5.10 Å². The predicted octanol–water partition coefficient (Wildman–Crippen LogP) is 2.29. The Kier molecular flexibility index (Phi) is 3.25. The molecule has 6 heteroatoms. The Bertz CT molecular complexity index is 862. The summed E-state index contributed by atoms with van der Waals surface area (Å²) in [6.07, 6.45) is 5.12. The van der Waals surface area contributed by atoms with E-state index in [-0.39, 0.29) is 12.0 Å². The third-order valence-corrected chi connectivity index (χ3v) is 4.86. The van der Waals surface area contributed by atoms with Crippen molar-refractivity contribution >= 4 is 29.3 Å². The van der Waals surface area contributed by atoms with Crippen molar-refractivity contribution in [2.45, 2.75) is 26.4 Å². The lowest BCUT2D eigenvalue weighted by Crippen LogP contribution is -2.17. The van der Waals surface area contributed by atoms with Gasteiger partial charge in [0.25, 0.3) is 0 Å². The van der Waals surface area contributed by atoms with Gasteiger partial charge < -0.3 is 15.4 Å². The molecule has 1 aliphatic carbocycles. The molecule has 0 bridgehead atoms. The van der Waals surface area contributed by atoms with Gasteiger partial charge in [-0.1, -0.05) is 30.4 Å². The fourth-order valence-electron chi connectivity index (χ4n) is 3.75. The molecule has 3 N–H and O–H groups in total. The molecule has 1 aromatic heterocycles. The molecule has 0 spiro atoms. The van der Waals surface area contributed by atoms with Crippen LogP contribution in [0.25, 0.3) is 16.3 Å². The number of nitrogen functional groups attached to an aromatic ring is 1. The van der Waals surface area contributed by atoms with Crippen LogP contribution in [-0.2, 0) is 4.65 Å². The van der Waals surface area contributed by atoms with Gasteiger partial charge in [-0.05, 0) is 36.9 Å². The molecule has 1 aliphatic heterocycles. The average Bonchev–Trinajstić information content (AvgIpc) is 2.85. The van der Waals surface area contributed by atoms with Gasteiger partial charge in [0.05, 0.1) is 5.69 Å². The van der Waals surface area contributed by atoms with Crippen LogP contribution in [-0.4, -0.2) is 28.4 Å². The summed E-state index contributed by atoms with van der Waals surface area (Å²) in [7, 11) is -0.849. The van der Waals surface area contributed by atoms with Gasteiger partial charge in [-0.25, -0.2) is 0 Å². The van der Waals surface area contributed by atoms with E-state index >= 15 is 0 Å². The van der Waals surface area contributed by atoms with Crippen LogP contribution in [0.3, 0.4) is 0 Å². The summed E-state index contributed by atoms with van der Waals surface area (Å²) in [5, 5.41) is 20.4. The number of allylic oxidation sites excluding steroid dienone is 3. The van der Waals surface area contributed by atoms with E-state index < -0.39 is 7.12 Å². The van der Waals surface area contributed by atoms with Crippen LogP contribution in [0.5, 0.6) is 0 Å². The molecule has 23 heavy (non-hydrogen) atoms. The zero-order valence-corrected chi connectivity index (χ0v) is 13.2. The smallest absolute Gasteiger partial charge is 0.423 e. The predicted molar refractivity (Wildman–Crippen MR) is 91.4 cm³/mol. The fraction of sp³-hybridized carbons (Fsp3) is 0.294. The van der Waals surface area contributed by atoms with Gasteiger partial charge in [0.2, 0.25) is 0 Å². The number of hydrogen-bond acceptors (Lipinski definition) is 5. The first kappa shape index (κ1) is 14.4. The Morgan fingerprint density at radius 1 is 1.35 bits per heavy atom. The van der Waals surface area contributed by atoms with E-state index in [1.807, 2.05) is 32.0 Å². The summed E-state index contributed by atoms with van der Waals surface area (Å²) in [4.78, 5) is 0. The van der Waals surface area contributed by atoms with Gasteiger partial charge in [-0.15, -0.1) is 5.10 Å². The molecule has 2 aliphatic rings. The van der Waals surface area contributed by atoms with Gasteiger partial charge in [0.15, 0.2) is 5.82 Å². The van der Waals surface area contributed by atoms with Gasteiger partial charge >= 0.3 is 7.12 Å². The SMILES string of the molecule is Cc1nnc(N)c2cccc(C3=C4B(O)OC(C)C4CC=C3)c12. The van der Waals surface area contributed by atoms with Crippen LogP contribution in [0, 0.1) is 12.8 Å². The van der Waals surface area contributed by atoms with Crippen LogP contribution < -0.4 is 5.73 Å². The zero-order valence-electron chi connectivity index (χ0n) is 13.2. The number of fused-ring (bicyclic) bond motifs is 2. The number of benzene rings is 1. The number of nitrogens with two attached hydrogens (primary N) is 1. The van der Waals surface area contributed by atoms with E-state index in [0.717, 1.165) is 39.5 Å². The number of aromatic nitrogens is 2. The van der Waals surface area contributed by atoms with Crippen LogP contribution in [0.4, 0.5) is 5.82 Å². The number of aryl methyl sites for hydroxylation is 1. The highest BCUT2D eigenvalue weighted by molar-refractivity contribution is 6.55. The number of nitrogens with zero attached hydrogens (tertiary/aromatic N) is 2. The zero-order chi connectivity index (χ0) is 16.1. The second-order valence-corrected chi connectivity index (χ2v) is 6.21. The van der Waals surface area contributed by atoms with Crippen molar-refractivity contribution in [1.82, 2.24) is 10.2 Å². The van der Waals surface area contributed by atoms with Crippen molar-refractivity contribution in [2.24, 2.45) is 5.92 Å². The van der Waals surface area contributed by atoms with Crippen LogP contribution in [0.15, 0.2) is 35.8 Å². The third-order valence-electron chi connectivity index (χ3n) is 4.86. The standard InChI is InChI=1S/C17H18BN3O2/c1-9-15-12(6-4-8-14(15)17(19)21-20-9)13-7-3-5-11-10(2)23-18(22)16(11)13/h3-4,6-8,10-11,22H,5H2,1-2H3,(H2,19,21). The maximum Gasteiger partial charge on any atom is 0.488 e. The Balaban J connectivity index is 2.03. The van der Waals surface area contributed by atoms with E-state index in [4.69, 9.17) is 10.4 Å². The molecule has 1 fully saturated rings. The molecule has 0 amide bonds. The topological polar surface area (TPSA) is 81.3 Å². The van der Waals surface area contributed by atoms with E-state index in [2.05, 4.69) is 22.3 Å². The van der Waals surface area contributed by atoms with Crippen molar-refractivity contribution in [3.63, 3.8) is 0 Å². The lowest BCUT2D eigenvalue weighted by molar-refractivity contribution is 0.183. The highest BCUT2D eigenvalue weighted by Crippen LogP contribution is 2.42. The van der Waals surface area contributed by atoms with Crippen molar-refractivity contribution in [2.75, 3.05) is 5.73 Å². The summed E-state index contributed by atoms with van der Waals surface area (Å²) in [6.45, 7) is 3.94. The number of hydrogen-bond donors (Lipinski definition) is 2. The lowest BCUT2D eigenvalue weighted by Gasteiger charge is -2.22. The van der Waals surface area contributed by atoms with Crippen molar-refractivity contribution in [3.05, 3.63) is 47.1 Å². The summed E-state index contributed by atoms with van der Waals surface area (Å²) < 4.78 is 5.63. The highest BCUT2D eigenvalue weighted by atomic mass is 16.5. The maximum atomic E-state index is 10.4. The van der Waals surface area contributed by atoms with Crippen LogP contribution in [0.2, 0.25) is 0 Å². The largest absolute Gasteiger partial charge is 0.488 e.